The number of rotatable bonds is 3. The highest BCUT2D eigenvalue weighted by Crippen LogP contribution is 2.33. The van der Waals surface area contributed by atoms with E-state index in [1.807, 2.05) is 6.07 Å². The molecule has 1 heterocycles. The highest BCUT2D eigenvalue weighted by Gasteiger charge is 2.17. The maximum atomic E-state index is 4.91. The van der Waals surface area contributed by atoms with Gasteiger partial charge in [-0.2, -0.15) is 0 Å². The van der Waals surface area contributed by atoms with Gasteiger partial charge in [0.25, 0.3) is 0 Å². The van der Waals surface area contributed by atoms with Crippen molar-refractivity contribution in [3.05, 3.63) is 78.9 Å². The smallest absolute Gasteiger partial charge is 0.133 e. The molecule has 4 aromatic rings. The molecule has 0 aliphatic heterocycles. The molecule has 4 rings (SSSR count). The van der Waals surface area contributed by atoms with Gasteiger partial charge in [-0.25, -0.2) is 4.98 Å². The number of aromatic nitrogens is 1. The van der Waals surface area contributed by atoms with E-state index >= 15 is 0 Å². The van der Waals surface area contributed by atoms with E-state index in [-0.39, 0.29) is 0 Å². The standard InChI is InChI=1S/C22H20N2/c1-16(2)24(21-13-7-10-17-8-3-5-11-19(17)21)22-15-14-18-9-4-6-12-20(18)23-22/h3-16H,1-2H3. The van der Waals surface area contributed by atoms with Gasteiger partial charge in [0.1, 0.15) is 5.82 Å². The monoisotopic (exact) mass is 312 g/mol. The minimum absolute atomic E-state index is 0.310. The normalized spacial score (nSPS) is 11.3. The molecule has 2 heteroatoms. The van der Waals surface area contributed by atoms with Crippen molar-refractivity contribution < 1.29 is 0 Å². The summed E-state index contributed by atoms with van der Waals surface area (Å²) in [5, 5.41) is 3.67. The Morgan fingerprint density at radius 2 is 1.42 bits per heavy atom. The molecule has 0 aliphatic carbocycles. The molecule has 0 amide bonds. The molecule has 0 radical (unpaired) electrons. The number of hydrogen-bond donors (Lipinski definition) is 0. The second-order valence-electron chi connectivity index (χ2n) is 6.32. The minimum Gasteiger partial charge on any atom is -0.323 e. The van der Waals surface area contributed by atoms with Gasteiger partial charge in [0.2, 0.25) is 0 Å². The molecule has 3 aromatic carbocycles. The lowest BCUT2D eigenvalue weighted by atomic mass is 10.1. The zero-order valence-electron chi connectivity index (χ0n) is 14.0. The summed E-state index contributed by atoms with van der Waals surface area (Å²) >= 11 is 0. The van der Waals surface area contributed by atoms with Gasteiger partial charge >= 0.3 is 0 Å². The first-order chi connectivity index (χ1) is 11.7. The van der Waals surface area contributed by atoms with Crippen LogP contribution >= 0.6 is 0 Å². The van der Waals surface area contributed by atoms with Crippen LogP contribution in [0.3, 0.4) is 0 Å². The summed E-state index contributed by atoms with van der Waals surface area (Å²) in [4.78, 5) is 7.22. The van der Waals surface area contributed by atoms with Gasteiger partial charge < -0.3 is 4.90 Å². The quantitative estimate of drug-likeness (QED) is 0.466. The SMILES string of the molecule is CC(C)N(c1ccc2ccccc2n1)c1cccc2ccccc12. The van der Waals surface area contributed by atoms with E-state index in [4.69, 9.17) is 4.98 Å². The number of pyridine rings is 1. The van der Waals surface area contributed by atoms with Gasteiger partial charge in [0, 0.05) is 16.8 Å². The topological polar surface area (TPSA) is 16.1 Å². The molecule has 0 N–H and O–H groups in total. The molecule has 24 heavy (non-hydrogen) atoms. The molecular weight excluding hydrogens is 292 g/mol. The Kier molecular flexibility index (Phi) is 3.66. The molecule has 2 nitrogen and oxygen atoms in total. The van der Waals surface area contributed by atoms with E-state index in [0.29, 0.717) is 6.04 Å². The van der Waals surface area contributed by atoms with Crippen LogP contribution in [0.2, 0.25) is 0 Å². The van der Waals surface area contributed by atoms with Crippen LogP contribution in [0.5, 0.6) is 0 Å². The second kappa shape index (κ2) is 5.97. The van der Waals surface area contributed by atoms with Gasteiger partial charge in [-0.05, 0) is 43.5 Å². The lowest BCUT2D eigenvalue weighted by molar-refractivity contribution is 0.782. The predicted octanol–water partition coefficient (Wildman–Crippen LogP) is 5.93. The van der Waals surface area contributed by atoms with E-state index in [1.165, 1.54) is 21.8 Å². The summed E-state index contributed by atoms with van der Waals surface area (Å²) in [5.41, 5.74) is 2.23. The number of hydrogen-bond acceptors (Lipinski definition) is 2. The van der Waals surface area contributed by atoms with Crippen molar-refractivity contribution in [2.45, 2.75) is 19.9 Å². The van der Waals surface area contributed by atoms with Crippen molar-refractivity contribution in [1.82, 2.24) is 4.98 Å². The van der Waals surface area contributed by atoms with Crippen molar-refractivity contribution in [3.8, 4) is 0 Å². The summed E-state index contributed by atoms with van der Waals surface area (Å²) in [5.74, 6) is 0.986. The predicted molar refractivity (Wildman–Crippen MR) is 103 cm³/mol. The fourth-order valence-corrected chi connectivity index (χ4v) is 3.27. The average molecular weight is 312 g/mol. The summed E-state index contributed by atoms with van der Waals surface area (Å²) in [6.07, 6.45) is 0. The van der Waals surface area contributed by atoms with Gasteiger partial charge in [-0.15, -0.1) is 0 Å². The second-order valence-corrected chi connectivity index (χ2v) is 6.32. The van der Waals surface area contributed by atoms with Crippen LogP contribution in [-0.4, -0.2) is 11.0 Å². The lowest BCUT2D eigenvalue weighted by Gasteiger charge is -2.29. The lowest BCUT2D eigenvalue weighted by Crippen LogP contribution is -2.26. The summed E-state index contributed by atoms with van der Waals surface area (Å²) in [6, 6.07) is 27.8. The molecule has 0 aliphatic rings. The molecule has 118 valence electrons. The Balaban J connectivity index is 1.92. The van der Waals surface area contributed by atoms with E-state index < -0.39 is 0 Å². The van der Waals surface area contributed by atoms with E-state index in [2.05, 4.69) is 91.5 Å². The summed E-state index contributed by atoms with van der Waals surface area (Å²) in [6.45, 7) is 4.41. The van der Waals surface area contributed by atoms with Gasteiger partial charge in [-0.1, -0.05) is 54.6 Å². The van der Waals surface area contributed by atoms with Crippen molar-refractivity contribution in [2.24, 2.45) is 0 Å². The van der Waals surface area contributed by atoms with Crippen LogP contribution in [0, 0.1) is 0 Å². The Morgan fingerprint density at radius 3 is 2.25 bits per heavy atom. The maximum Gasteiger partial charge on any atom is 0.133 e. The fraction of sp³-hybridized carbons (Fsp3) is 0.136. The molecule has 1 aromatic heterocycles. The van der Waals surface area contributed by atoms with E-state index in [0.717, 1.165) is 11.3 Å². The first kappa shape index (κ1) is 14.7. The van der Waals surface area contributed by atoms with Crippen molar-refractivity contribution in [1.29, 1.82) is 0 Å². The van der Waals surface area contributed by atoms with Crippen molar-refractivity contribution in [2.75, 3.05) is 4.90 Å². The molecule has 0 saturated carbocycles. The Bertz CT molecular complexity index is 999. The number of fused-ring (bicyclic) bond motifs is 2. The Morgan fingerprint density at radius 1 is 0.708 bits per heavy atom. The molecule has 0 fully saturated rings. The molecule has 0 bridgehead atoms. The molecule has 0 spiro atoms. The number of anilines is 2. The summed E-state index contributed by atoms with van der Waals surface area (Å²) < 4.78 is 0. The molecular formula is C22H20N2. The van der Waals surface area contributed by atoms with Crippen LogP contribution in [0.15, 0.2) is 78.9 Å². The number of benzene rings is 3. The average Bonchev–Trinajstić information content (AvgIpc) is 2.62. The third-order valence-corrected chi connectivity index (χ3v) is 4.37. The van der Waals surface area contributed by atoms with Crippen LogP contribution in [-0.2, 0) is 0 Å². The first-order valence-corrected chi connectivity index (χ1v) is 8.37. The van der Waals surface area contributed by atoms with Gasteiger partial charge in [-0.3, -0.25) is 0 Å². The van der Waals surface area contributed by atoms with Crippen molar-refractivity contribution in [3.63, 3.8) is 0 Å². The third-order valence-electron chi connectivity index (χ3n) is 4.37. The molecule has 0 unspecified atom stereocenters. The van der Waals surface area contributed by atoms with Crippen LogP contribution in [0.4, 0.5) is 11.5 Å². The zero-order valence-corrected chi connectivity index (χ0v) is 14.0. The van der Waals surface area contributed by atoms with Gasteiger partial charge in [0.15, 0.2) is 0 Å². The van der Waals surface area contributed by atoms with Crippen molar-refractivity contribution >= 4 is 33.2 Å². The number of nitrogens with zero attached hydrogens (tertiary/aromatic N) is 2. The zero-order chi connectivity index (χ0) is 16.5. The minimum atomic E-state index is 0.310. The van der Waals surface area contributed by atoms with E-state index in [1.54, 1.807) is 0 Å². The largest absolute Gasteiger partial charge is 0.323 e. The highest BCUT2D eigenvalue weighted by atomic mass is 15.2. The Labute approximate surface area is 142 Å². The van der Waals surface area contributed by atoms with Crippen LogP contribution in [0.25, 0.3) is 21.7 Å². The fourth-order valence-electron chi connectivity index (χ4n) is 3.27. The van der Waals surface area contributed by atoms with Gasteiger partial charge in [0.05, 0.1) is 11.2 Å². The Hall–Kier alpha value is -2.87. The number of para-hydroxylation sites is 1. The first-order valence-electron chi connectivity index (χ1n) is 8.37. The summed E-state index contributed by atoms with van der Waals surface area (Å²) in [7, 11) is 0. The molecule has 0 atom stereocenters. The van der Waals surface area contributed by atoms with Crippen LogP contribution in [0.1, 0.15) is 13.8 Å². The highest BCUT2D eigenvalue weighted by molar-refractivity contribution is 5.96. The van der Waals surface area contributed by atoms with E-state index in [9.17, 15) is 0 Å². The molecule has 0 saturated heterocycles. The van der Waals surface area contributed by atoms with Crippen LogP contribution < -0.4 is 4.90 Å². The maximum absolute atomic E-state index is 4.91. The third kappa shape index (κ3) is 2.50.